The number of nitrogens with zero attached hydrogens (tertiary/aromatic N) is 2. The van der Waals surface area contributed by atoms with Crippen LogP contribution in [0, 0.1) is 0 Å². The summed E-state index contributed by atoms with van der Waals surface area (Å²) in [6.45, 7) is 1.22. The molecule has 1 heterocycles. The van der Waals surface area contributed by atoms with Crippen LogP contribution in [-0.4, -0.2) is 40.6 Å². The monoisotopic (exact) mass is 244 g/mol. The first-order valence-corrected chi connectivity index (χ1v) is 5.23. The van der Waals surface area contributed by atoms with Crippen molar-refractivity contribution in [2.75, 3.05) is 19.7 Å². The lowest BCUT2D eigenvalue weighted by Crippen LogP contribution is -2.43. The summed E-state index contributed by atoms with van der Waals surface area (Å²) < 4.78 is 27.5. The maximum atomic E-state index is 13.8. The van der Waals surface area contributed by atoms with Gasteiger partial charge < -0.3 is 10.0 Å². The molecule has 1 aromatic heterocycles. The van der Waals surface area contributed by atoms with Gasteiger partial charge in [0.05, 0.1) is 6.61 Å². The molecule has 0 aromatic carbocycles. The Kier molecular flexibility index (Phi) is 4.51. The zero-order chi connectivity index (χ0) is 12.9. The number of aliphatic hydroxyl groups excluding tert-OH is 1. The SMILES string of the molecule is CCN(CCO)C(=O)C(F)(F)c1ccccn1. The first-order chi connectivity index (χ1) is 8.04. The molecule has 1 rings (SSSR count). The highest BCUT2D eigenvalue weighted by atomic mass is 19.3. The normalized spacial score (nSPS) is 11.3. The molecule has 0 saturated carbocycles. The molecule has 94 valence electrons. The fourth-order valence-corrected chi connectivity index (χ4v) is 1.38. The van der Waals surface area contributed by atoms with E-state index in [1.807, 2.05) is 0 Å². The van der Waals surface area contributed by atoms with Gasteiger partial charge in [0.15, 0.2) is 0 Å². The first-order valence-electron chi connectivity index (χ1n) is 5.23. The average Bonchev–Trinajstić information content (AvgIpc) is 2.36. The zero-order valence-corrected chi connectivity index (χ0v) is 9.44. The quantitative estimate of drug-likeness (QED) is 0.841. The van der Waals surface area contributed by atoms with Gasteiger partial charge in [-0.3, -0.25) is 9.78 Å². The van der Waals surface area contributed by atoms with Gasteiger partial charge in [-0.1, -0.05) is 6.07 Å². The number of pyridine rings is 1. The molecular formula is C11H14F2N2O2. The van der Waals surface area contributed by atoms with Gasteiger partial charge in [0.2, 0.25) is 0 Å². The predicted molar refractivity (Wildman–Crippen MR) is 57.5 cm³/mol. The van der Waals surface area contributed by atoms with Gasteiger partial charge in [-0.2, -0.15) is 8.78 Å². The van der Waals surface area contributed by atoms with Crippen LogP contribution in [0.15, 0.2) is 24.4 Å². The first kappa shape index (κ1) is 13.5. The second-order valence-corrected chi connectivity index (χ2v) is 3.40. The van der Waals surface area contributed by atoms with Gasteiger partial charge in [-0.25, -0.2) is 0 Å². The van der Waals surface area contributed by atoms with Crippen LogP contribution < -0.4 is 0 Å². The highest BCUT2D eigenvalue weighted by Gasteiger charge is 2.44. The van der Waals surface area contributed by atoms with E-state index in [1.165, 1.54) is 18.3 Å². The summed E-state index contributed by atoms with van der Waals surface area (Å²) in [5.41, 5.74) is -0.582. The van der Waals surface area contributed by atoms with Crippen LogP contribution in [0.3, 0.4) is 0 Å². The van der Waals surface area contributed by atoms with E-state index in [-0.39, 0.29) is 19.7 Å². The number of hydrogen-bond donors (Lipinski definition) is 1. The largest absolute Gasteiger partial charge is 0.395 e. The Labute approximate surface area is 97.9 Å². The predicted octanol–water partition coefficient (Wildman–Crippen LogP) is 1.01. The second kappa shape index (κ2) is 5.67. The molecule has 6 heteroatoms. The lowest BCUT2D eigenvalue weighted by molar-refractivity contribution is -0.159. The highest BCUT2D eigenvalue weighted by Crippen LogP contribution is 2.28. The van der Waals surface area contributed by atoms with E-state index in [0.717, 1.165) is 11.0 Å². The van der Waals surface area contributed by atoms with E-state index in [9.17, 15) is 13.6 Å². The molecule has 0 spiro atoms. The van der Waals surface area contributed by atoms with Crippen molar-refractivity contribution in [3.05, 3.63) is 30.1 Å². The van der Waals surface area contributed by atoms with E-state index in [2.05, 4.69) is 4.98 Å². The van der Waals surface area contributed by atoms with Gasteiger partial charge in [-0.15, -0.1) is 0 Å². The summed E-state index contributed by atoms with van der Waals surface area (Å²) in [6.07, 6.45) is 1.21. The number of aromatic nitrogens is 1. The summed E-state index contributed by atoms with van der Waals surface area (Å²) in [6, 6.07) is 3.99. The summed E-state index contributed by atoms with van der Waals surface area (Å²) in [4.78, 5) is 16.0. The van der Waals surface area contributed by atoms with Crippen LogP contribution >= 0.6 is 0 Å². The molecule has 0 aliphatic heterocycles. The average molecular weight is 244 g/mol. The summed E-state index contributed by atoms with van der Waals surface area (Å²) >= 11 is 0. The summed E-state index contributed by atoms with van der Waals surface area (Å²) in [5.74, 6) is -5.00. The van der Waals surface area contributed by atoms with Crippen LogP contribution in [0.1, 0.15) is 12.6 Å². The van der Waals surface area contributed by atoms with Gasteiger partial charge in [0.1, 0.15) is 5.69 Å². The summed E-state index contributed by atoms with van der Waals surface area (Å²) in [5, 5.41) is 8.70. The molecule has 1 N–H and O–H groups in total. The third kappa shape index (κ3) is 2.97. The number of halogens is 2. The van der Waals surface area contributed by atoms with Gasteiger partial charge in [0, 0.05) is 19.3 Å². The maximum Gasteiger partial charge on any atom is 0.366 e. The molecule has 0 atom stereocenters. The molecule has 0 saturated heterocycles. The number of likely N-dealkylation sites (N-methyl/N-ethyl adjacent to an activating group) is 1. The minimum absolute atomic E-state index is 0.113. The highest BCUT2D eigenvalue weighted by molar-refractivity contribution is 5.84. The third-order valence-corrected chi connectivity index (χ3v) is 2.29. The fraction of sp³-hybridized carbons (Fsp3) is 0.455. The van der Waals surface area contributed by atoms with Crippen molar-refractivity contribution >= 4 is 5.91 Å². The fourth-order valence-electron chi connectivity index (χ4n) is 1.38. The van der Waals surface area contributed by atoms with Crippen LogP contribution in [-0.2, 0) is 10.7 Å². The number of alkyl halides is 2. The molecular weight excluding hydrogens is 230 g/mol. The van der Waals surface area contributed by atoms with E-state index in [1.54, 1.807) is 6.92 Å². The Morgan fingerprint density at radius 1 is 1.53 bits per heavy atom. The smallest absolute Gasteiger partial charge is 0.366 e. The molecule has 0 aliphatic carbocycles. The van der Waals surface area contributed by atoms with E-state index < -0.39 is 17.5 Å². The van der Waals surface area contributed by atoms with Crippen LogP contribution in [0.4, 0.5) is 8.78 Å². The van der Waals surface area contributed by atoms with Crippen molar-refractivity contribution in [3.63, 3.8) is 0 Å². The van der Waals surface area contributed by atoms with Gasteiger partial charge in [0.25, 0.3) is 5.91 Å². The van der Waals surface area contributed by atoms with Crippen molar-refractivity contribution < 1.29 is 18.7 Å². The number of rotatable bonds is 5. The molecule has 0 unspecified atom stereocenters. The molecule has 0 bridgehead atoms. The van der Waals surface area contributed by atoms with E-state index in [4.69, 9.17) is 5.11 Å². The lowest BCUT2D eigenvalue weighted by atomic mass is 10.2. The van der Waals surface area contributed by atoms with Gasteiger partial charge in [-0.05, 0) is 19.1 Å². The number of aliphatic hydroxyl groups is 1. The molecule has 0 radical (unpaired) electrons. The maximum absolute atomic E-state index is 13.8. The van der Waals surface area contributed by atoms with Crippen molar-refractivity contribution in [1.82, 2.24) is 9.88 Å². The van der Waals surface area contributed by atoms with Crippen LogP contribution in [0.5, 0.6) is 0 Å². The molecule has 0 fully saturated rings. The minimum atomic E-state index is -3.66. The molecule has 1 aromatic rings. The third-order valence-electron chi connectivity index (χ3n) is 2.29. The Hall–Kier alpha value is -1.56. The van der Waals surface area contributed by atoms with Crippen molar-refractivity contribution in [3.8, 4) is 0 Å². The Morgan fingerprint density at radius 2 is 2.24 bits per heavy atom. The summed E-state index contributed by atoms with van der Waals surface area (Å²) in [7, 11) is 0. The Bertz CT molecular complexity index is 371. The van der Waals surface area contributed by atoms with E-state index in [0.29, 0.717) is 0 Å². The molecule has 1 amide bonds. The second-order valence-electron chi connectivity index (χ2n) is 3.40. The van der Waals surface area contributed by atoms with Crippen molar-refractivity contribution in [1.29, 1.82) is 0 Å². The molecule has 4 nitrogen and oxygen atoms in total. The van der Waals surface area contributed by atoms with Crippen molar-refractivity contribution in [2.45, 2.75) is 12.8 Å². The molecule has 0 aliphatic rings. The lowest BCUT2D eigenvalue weighted by Gasteiger charge is -2.24. The Balaban J connectivity index is 2.93. The minimum Gasteiger partial charge on any atom is -0.395 e. The number of amides is 1. The van der Waals surface area contributed by atoms with E-state index >= 15 is 0 Å². The van der Waals surface area contributed by atoms with Crippen LogP contribution in [0.25, 0.3) is 0 Å². The Morgan fingerprint density at radius 3 is 2.71 bits per heavy atom. The zero-order valence-electron chi connectivity index (χ0n) is 9.44. The topological polar surface area (TPSA) is 53.4 Å². The number of carbonyl (C=O) groups excluding carboxylic acids is 1. The van der Waals surface area contributed by atoms with Crippen LogP contribution in [0.2, 0.25) is 0 Å². The standard InChI is InChI=1S/C11H14F2N2O2/c1-2-15(7-8-16)10(17)11(12,13)9-5-3-4-6-14-9/h3-6,16H,2,7-8H2,1H3. The van der Waals surface area contributed by atoms with Gasteiger partial charge >= 0.3 is 5.92 Å². The number of hydrogen-bond acceptors (Lipinski definition) is 3. The molecule has 17 heavy (non-hydrogen) atoms. The van der Waals surface area contributed by atoms with Crippen molar-refractivity contribution in [2.24, 2.45) is 0 Å². The number of carbonyl (C=O) groups is 1.